The molecule has 0 aromatic heterocycles. The first-order chi connectivity index (χ1) is 18.7. The fourth-order valence-electron chi connectivity index (χ4n) is 3.62. The molecule has 0 bridgehead atoms. The average molecular weight is 511 g/mol. The van der Waals surface area contributed by atoms with Gasteiger partial charge in [-0.3, -0.25) is 4.79 Å². The molecular formula is C31H30N2O5. The van der Waals surface area contributed by atoms with E-state index in [0.29, 0.717) is 48.4 Å². The molecule has 7 heteroatoms. The zero-order chi connectivity index (χ0) is 26.6. The van der Waals surface area contributed by atoms with Gasteiger partial charge in [-0.2, -0.15) is 5.10 Å². The van der Waals surface area contributed by atoms with E-state index >= 15 is 0 Å². The van der Waals surface area contributed by atoms with E-state index in [1.165, 1.54) is 0 Å². The SMILES string of the molecule is CCOc1cc(C(=O)N/N=C/c2ccc(OCc3ccccc3)c(OC)c2)ccc1OCc1ccccc1. The Bertz CT molecular complexity index is 1360. The van der Waals surface area contributed by atoms with Gasteiger partial charge in [-0.15, -0.1) is 0 Å². The molecule has 1 amide bonds. The van der Waals surface area contributed by atoms with Gasteiger partial charge in [0.05, 0.1) is 19.9 Å². The second kappa shape index (κ2) is 13.5. The highest BCUT2D eigenvalue weighted by Crippen LogP contribution is 2.30. The van der Waals surface area contributed by atoms with Crippen LogP contribution in [-0.4, -0.2) is 25.8 Å². The molecule has 194 valence electrons. The van der Waals surface area contributed by atoms with Crippen LogP contribution in [0.25, 0.3) is 0 Å². The van der Waals surface area contributed by atoms with Crippen molar-refractivity contribution in [1.29, 1.82) is 0 Å². The van der Waals surface area contributed by atoms with E-state index in [2.05, 4.69) is 10.5 Å². The summed E-state index contributed by atoms with van der Waals surface area (Å²) in [4.78, 5) is 12.7. The van der Waals surface area contributed by atoms with Crippen LogP contribution < -0.4 is 24.4 Å². The number of methoxy groups -OCH3 is 1. The molecule has 0 spiro atoms. The summed E-state index contributed by atoms with van der Waals surface area (Å²) in [6.45, 7) is 3.15. The highest BCUT2D eigenvalue weighted by molar-refractivity contribution is 5.95. The van der Waals surface area contributed by atoms with Gasteiger partial charge in [0.2, 0.25) is 0 Å². The van der Waals surface area contributed by atoms with Gasteiger partial charge < -0.3 is 18.9 Å². The Hall–Kier alpha value is -4.78. The number of nitrogens with zero attached hydrogens (tertiary/aromatic N) is 1. The lowest BCUT2D eigenvalue weighted by molar-refractivity contribution is 0.0954. The third kappa shape index (κ3) is 7.36. The zero-order valence-corrected chi connectivity index (χ0v) is 21.4. The highest BCUT2D eigenvalue weighted by Gasteiger charge is 2.12. The Morgan fingerprint density at radius 3 is 1.95 bits per heavy atom. The van der Waals surface area contributed by atoms with Gasteiger partial charge in [0.15, 0.2) is 23.0 Å². The van der Waals surface area contributed by atoms with Crippen molar-refractivity contribution in [3.8, 4) is 23.0 Å². The van der Waals surface area contributed by atoms with Crippen LogP contribution in [0.15, 0.2) is 102 Å². The quantitative estimate of drug-likeness (QED) is 0.186. The van der Waals surface area contributed by atoms with Crippen molar-refractivity contribution in [3.63, 3.8) is 0 Å². The second-order valence-electron chi connectivity index (χ2n) is 8.25. The van der Waals surface area contributed by atoms with Crippen LogP contribution in [0.5, 0.6) is 23.0 Å². The third-order valence-electron chi connectivity index (χ3n) is 5.55. The Morgan fingerprint density at radius 1 is 0.737 bits per heavy atom. The molecule has 7 nitrogen and oxygen atoms in total. The van der Waals surface area contributed by atoms with Crippen molar-refractivity contribution < 1.29 is 23.7 Å². The number of rotatable bonds is 12. The summed E-state index contributed by atoms with van der Waals surface area (Å²) in [5.74, 6) is 1.89. The minimum absolute atomic E-state index is 0.369. The van der Waals surface area contributed by atoms with Crippen LogP contribution in [0, 0.1) is 0 Å². The lowest BCUT2D eigenvalue weighted by Crippen LogP contribution is -2.17. The number of ether oxygens (including phenoxy) is 4. The standard InChI is InChI=1S/C31H30N2O5/c1-3-36-30-19-26(15-17-28(30)38-22-24-12-8-5-9-13-24)31(34)33-32-20-25-14-16-27(29(18-25)35-2)37-21-23-10-6-4-7-11-23/h4-20H,3,21-22H2,1-2H3,(H,33,34)/b32-20+. The van der Waals surface area contributed by atoms with Crippen LogP contribution in [0.1, 0.15) is 34.0 Å². The van der Waals surface area contributed by atoms with Crippen molar-refractivity contribution in [2.24, 2.45) is 5.10 Å². The van der Waals surface area contributed by atoms with Crippen molar-refractivity contribution in [3.05, 3.63) is 119 Å². The molecule has 0 fully saturated rings. The Labute approximate surface area is 222 Å². The molecular weight excluding hydrogens is 480 g/mol. The molecule has 4 aromatic rings. The molecule has 0 heterocycles. The number of hydrazone groups is 1. The van der Waals surface area contributed by atoms with E-state index in [4.69, 9.17) is 18.9 Å². The van der Waals surface area contributed by atoms with Crippen LogP contribution >= 0.6 is 0 Å². The van der Waals surface area contributed by atoms with E-state index < -0.39 is 0 Å². The van der Waals surface area contributed by atoms with Crippen LogP contribution in [0.2, 0.25) is 0 Å². The van der Waals surface area contributed by atoms with Gasteiger partial charge in [0, 0.05) is 5.56 Å². The normalized spacial score (nSPS) is 10.7. The number of carbonyl (C=O) groups is 1. The summed E-state index contributed by atoms with van der Waals surface area (Å²) in [6.07, 6.45) is 1.54. The molecule has 0 unspecified atom stereocenters. The van der Waals surface area contributed by atoms with Gasteiger partial charge in [-0.25, -0.2) is 5.43 Å². The molecule has 4 rings (SSSR count). The first-order valence-electron chi connectivity index (χ1n) is 12.3. The summed E-state index contributed by atoms with van der Waals surface area (Å²) in [6, 6.07) is 30.2. The van der Waals surface area contributed by atoms with E-state index in [1.807, 2.05) is 79.7 Å². The Kier molecular flexibility index (Phi) is 9.34. The molecule has 0 aliphatic carbocycles. The lowest BCUT2D eigenvalue weighted by atomic mass is 10.2. The maximum absolute atomic E-state index is 12.7. The summed E-state index contributed by atoms with van der Waals surface area (Å²) in [5, 5.41) is 4.10. The fourth-order valence-corrected chi connectivity index (χ4v) is 3.62. The number of amides is 1. The number of hydrogen-bond acceptors (Lipinski definition) is 6. The smallest absolute Gasteiger partial charge is 0.271 e. The van der Waals surface area contributed by atoms with E-state index in [-0.39, 0.29) is 5.91 Å². The summed E-state index contributed by atoms with van der Waals surface area (Å²) < 4.78 is 23.0. The van der Waals surface area contributed by atoms with E-state index in [1.54, 1.807) is 37.6 Å². The van der Waals surface area contributed by atoms with Crippen LogP contribution in [0.3, 0.4) is 0 Å². The molecule has 0 saturated carbocycles. The van der Waals surface area contributed by atoms with Gasteiger partial charge in [-0.1, -0.05) is 60.7 Å². The first-order valence-corrected chi connectivity index (χ1v) is 12.3. The second-order valence-corrected chi connectivity index (χ2v) is 8.25. The Balaban J connectivity index is 1.37. The maximum atomic E-state index is 12.7. The minimum Gasteiger partial charge on any atom is -0.493 e. The number of benzene rings is 4. The van der Waals surface area contributed by atoms with Crippen LogP contribution in [0.4, 0.5) is 0 Å². The molecule has 0 radical (unpaired) electrons. The van der Waals surface area contributed by atoms with E-state index in [9.17, 15) is 4.79 Å². The summed E-state index contributed by atoms with van der Waals surface area (Å²) in [5.41, 5.74) is 5.80. The van der Waals surface area contributed by atoms with E-state index in [0.717, 1.165) is 16.7 Å². The predicted octanol–water partition coefficient (Wildman–Crippen LogP) is 6.02. The molecule has 38 heavy (non-hydrogen) atoms. The average Bonchev–Trinajstić information content (AvgIpc) is 2.96. The summed E-state index contributed by atoms with van der Waals surface area (Å²) in [7, 11) is 1.58. The molecule has 0 atom stereocenters. The molecule has 0 aliphatic heterocycles. The number of carbonyl (C=O) groups excluding carboxylic acids is 1. The predicted molar refractivity (Wildman–Crippen MR) is 147 cm³/mol. The topological polar surface area (TPSA) is 78.4 Å². The van der Waals surface area contributed by atoms with Crippen molar-refractivity contribution >= 4 is 12.1 Å². The molecule has 1 N–H and O–H groups in total. The van der Waals surface area contributed by atoms with Gasteiger partial charge in [0.1, 0.15) is 13.2 Å². The third-order valence-corrected chi connectivity index (χ3v) is 5.55. The largest absolute Gasteiger partial charge is 0.493 e. The van der Waals surface area contributed by atoms with Crippen LogP contribution in [-0.2, 0) is 13.2 Å². The minimum atomic E-state index is -0.369. The number of hydrogen-bond donors (Lipinski definition) is 1. The zero-order valence-electron chi connectivity index (χ0n) is 21.4. The van der Waals surface area contributed by atoms with Crippen molar-refractivity contribution in [1.82, 2.24) is 5.43 Å². The lowest BCUT2D eigenvalue weighted by Gasteiger charge is -2.13. The number of nitrogens with one attached hydrogen (secondary N) is 1. The summed E-state index contributed by atoms with van der Waals surface area (Å²) >= 11 is 0. The maximum Gasteiger partial charge on any atom is 0.271 e. The van der Waals surface area contributed by atoms with Gasteiger partial charge in [0.25, 0.3) is 5.91 Å². The van der Waals surface area contributed by atoms with Gasteiger partial charge in [-0.05, 0) is 60.0 Å². The molecule has 4 aromatic carbocycles. The van der Waals surface area contributed by atoms with Gasteiger partial charge >= 0.3 is 0 Å². The van der Waals surface area contributed by atoms with Crippen molar-refractivity contribution in [2.75, 3.05) is 13.7 Å². The first kappa shape index (κ1) is 26.3. The Morgan fingerprint density at radius 2 is 1.34 bits per heavy atom. The highest BCUT2D eigenvalue weighted by atomic mass is 16.5. The van der Waals surface area contributed by atoms with Crippen molar-refractivity contribution in [2.45, 2.75) is 20.1 Å². The monoisotopic (exact) mass is 510 g/mol. The molecule has 0 aliphatic rings. The molecule has 0 saturated heterocycles. The fraction of sp³-hybridized carbons (Fsp3) is 0.161.